The van der Waals surface area contributed by atoms with Crippen molar-refractivity contribution in [3.63, 3.8) is 0 Å². The molecule has 0 atom stereocenters. The van der Waals surface area contributed by atoms with Gasteiger partial charge in [0.1, 0.15) is 6.54 Å². The van der Waals surface area contributed by atoms with Crippen LogP contribution in [0.3, 0.4) is 0 Å². The third-order valence-electron chi connectivity index (χ3n) is 4.80. The summed E-state index contributed by atoms with van der Waals surface area (Å²) in [5, 5.41) is 5.53. The van der Waals surface area contributed by atoms with Crippen LogP contribution >= 0.6 is 15.9 Å². The van der Waals surface area contributed by atoms with Gasteiger partial charge in [-0.3, -0.25) is 13.9 Å². The lowest BCUT2D eigenvalue weighted by molar-refractivity contribution is -0.114. The van der Waals surface area contributed by atoms with E-state index >= 15 is 0 Å². The second-order valence-corrected chi connectivity index (χ2v) is 10.1. The topological polar surface area (TPSA) is 95.6 Å². The quantitative estimate of drug-likeness (QED) is 0.440. The highest BCUT2D eigenvalue weighted by molar-refractivity contribution is 9.10. The third kappa shape index (κ3) is 6.90. The van der Waals surface area contributed by atoms with Crippen molar-refractivity contribution in [2.45, 2.75) is 6.42 Å². The first-order valence-corrected chi connectivity index (χ1v) is 12.8. The van der Waals surface area contributed by atoms with E-state index in [-0.39, 0.29) is 5.91 Å². The maximum atomic E-state index is 12.8. The van der Waals surface area contributed by atoms with E-state index in [2.05, 4.69) is 26.6 Å². The van der Waals surface area contributed by atoms with Gasteiger partial charge in [-0.15, -0.1) is 0 Å². The van der Waals surface area contributed by atoms with E-state index in [1.54, 1.807) is 48.5 Å². The molecule has 0 bridgehead atoms. The van der Waals surface area contributed by atoms with Crippen molar-refractivity contribution in [2.24, 2.45) is 0 Å². The largest absolute Gasteiger partial charge is 0.352 e. The third-order valence-corrected chi connectivity index (χ3v) is 6.59. The number of nitrogens with one attached hydrogen (secondary N) is 2. The standard InChI is InChI=1S/C24H24BrN3O4S/c1-33(31,32)28(22-14-8-6-12-20(22)25)17-23(29)27-21-13-7-5-11-19(21)24(30)26-16-15-18-9-3-2-4-10-18/h2-14H,15-17H2,1H3,(H,26,30)(H,27,29). The van der Waals surface area contributed by atoms with Gasteiger partial charge in [0.2, 0.25) is 15.9 Å². The first kappa shape index (κ1) is 24.5. The summed E-state index contributed by atoms with van der Waals surface area (Å²) in [6.07, 6.45) is 1.71. The molecule has 3 rings (SSSR count). The summed E-state index contributed by atoms with van der Waals surface area (Å²) >= 11 is 3.33. The maximum Gasteiger partial charge on any atom is 0.253 e. The molecule has 0 aliphatic heterocycles. The van der Waals surface area contributed by atoms with E-state index in [0.29, 0.717) is 34.4 Å². The van der Waals surface area contributed by atoms with Crippen LogP contribution in [0.25, 0.3) is 0 Å². The highest BCUT2D eigenvalue weighted by Gasteiger charge is 2.23. The molecule has 3 aromatic rings. The van der Waals surface area contributed by atoms with E-state index in [4.69, 9.17) is 0 Å². The van der Waals surface area contributed by atoms with Gasteiger partial charge >= 0.3 is 0 Å². The lowest BCUT2D eigenvalue weighted by Gasteiger charge is -2.23. The zero-order valence-electron chi connectivity index (χ0n) is 18.0. The summed E-state index contributed by atoms with van der Waals surface area (Å²) < 4.78 is 26.2. The molecule has 0 fully saturated rings. The molecule has 33 heavy (non-hydrogen) atoms. The van der Waals surface area contributed by atoms with Crippen LogP contribution in [0.1, 0.15) is 15.9 Å². The van der Waals surface area contributed by atoms with E-state index in [1.165, 1.54) is 0 Å². The van der Waals surface area contributed by atoms with E-state index in [0.717, 1.165) is 16.1 Å². The second kappa shape index (κ2) is 11.1. The number of nitrogens with zero attached hydrogens (tertiary/aromatic N) is 1. The molecule has 0 unspecified atom stereocenters. The van der Waals surface area contributed by atoms with Crippen LogP contribution in [-0.4, -0.2) is 39.6 Å². The van der Waals surface area contributed by atoms with Crippen LogP contribution in [0.15, 0.2) is 83.3 Å². The number of hydrogen-bond donors (Lipinski definition) is 2. The molecule has 0 heterocycles. The fourth-order valence-electron chi connectivity index (χ4n) is 3.21. The number of carbonyl (C=O) groups is 2. The Morgan fingerprint density at radius 3 is 2.24 bits per heavy atom. The van der Waals surface area contributed by atoms with Gasteiger partial charge in [-0.2, -0.15) is 0 Å². The van der Waals surface area contributed by atoms with Crippen molar-refractivity contribution in [1.82, 2.24) is 5.32 Å². The molecule has 0 spiro atoms. The van der Waals surface area contributed by atoms with Crippen LogP contribution < -0.4 is 14.9 Å². The van der Waals surface area contributed by atoms with Gasteiger partial charge in [0.15, 0.2) is 0 Å². The first-order valence-electron chi connectivity index (χ1n) is 10.2. The number of carbonyl (C=O) groups excluding carboxylic acids is 2. The van der Waals surface area contributed by atoms with Crippen LogP contribution in [-0.2, 0) is 21.2 Å². The molecule has 172 valence electrons. The molecule has 0 aliphatic rings. The Balaban J connectivity index is 1.69. The summed E-state index contributed by atoms with van der Waals surface area (Å²) in [6.45, 7) is 0.000421. The number of anilines is 2. The number of hydrogen-bond acceptors (Lipinski definition) is 4. The van der Waals surface area contributed by atoms with E-state index < -0.39 is 22.5 Å². The van der Waals surface area contributed by atoms with E-state index in [1.807, 2.05) is 30.3 Å². The second-order valence-electron chi connectivity index (χ2n) is 7.31. The lowest BCUT2D eigenvalue weighted by Crippen LogP contribution is -2.38. The molecular weight excluding hydrogens is 506 g/mol. The Kier molecular flexibility index (Phi) is 8.24. The number of sulfonamides is 1. The fraction of sp³-hybridized carbons (Fsp3) is 0.167. The first-order chi connectivity index (χ1) is 15.8. The molecule has 7 nitrogen and oxygen atoms in total. The zero-order chi connectivity index (χ0) is 23.8. The average Bonchev–Trinajstić information content (AvgIpc) is 2.78. The Labute approximate surface area is 202 Å². The maximum absolute atomic E-state index is 12.8. The molecule has 3 aromatic carbocycles. The number of rotatable bonds is 9. The summed E-state index contributed by atoms with van der Waals surface area (Å²) in [6, 6.07) is 23.1. The van der Waals surface area contributed by atoms with E-state index in [9.17, 15) is 18.0 Å². The SMILES string of the molecule is CS(=O)(=O)N(CC(=O)Nc1ccccc1C(=O)NCCc1ccccc1)c1ccccc1Br. The van der Waals surface area contributed by atoms with Crippen LogP contribution in [0, 0.1) is 0 Å². The molecule has 0 radical (unpaired) electrons. The zero-order valence-corrected chi connectivity index (χ0v) is 20.4. The molecule has 9 heteroatoms. The minimum atomic E-state index is -3.73. The smallest absolute Gasteiger partial charge is 0.253 e. The Bertz CT molecular complexity index is 1230. The Morgan fingerprint density at radius 2 is 1.55 bits per heavy atom. The Hall–Kier alpha value is -3.17. The lowest BCUT2D eigenvalue weighted by atomic mass is 10.1. The van der Waals surface area contributed by atoms with Gasteiger partial charge in [0.25, 0.3) is 5.91 Å². The van der Waals surface area contributed by atoms with Gasteiger partial charge in [-0.1, -0.05) is 54.6 Å². The molecule has 2 amide bonds. The minimum Gasteiger partial charge on any atom is -0.352 e. The van der Waals surface area contributed by atoms with Crippen molar-refractivity contribution in [1.29, 1.82) is 0 Å². The van der Waals surface area contributed by atoms with Gasteiger partial charge in [0, 0.05) is 11.0 Å². The number of amides is 2. The number of para-hydroxylation sites is 2. The minimum absolute atomic E-state index is 0.297. The van der Waals surface area contributed by atoms with Crippen molar-refractivity contribution in [3.8, 4) is 0 Å². The molecule has 2 N–H and O–H groups in total. The summed E-state index contributed by atoms with van der Waals surface area (Å²) in [7, 11) is -3.73. The fourth-order valence-corrected chi connectivity index (χ4v) is 4.69. The summed E-state index contributed by atoms with van der Waals surface area (Å²) in [5.41, 5.74) is 2.06. The van der Waals surface area contributed by atoms with Gasteiger partial charge in [0.05, 0.1) is 23.2 Å². The average molecular weight is 530 g/mol. The van der Waals surface area contributed by atoms with Gasteiger partial charge in [-0.25, -0.2) is 8.42 Å². The Morgan fingerprint density at radius 1 is 0.909 bits per heavy atom. The highest BCUT2D eigenvalue weighted by Crippen LogP contribution is 2.27. The molecule has 0 saturated carbocycles. The van der Waals surface area contributed by atoms with Crippen molar-refractivity contribution in [3.05, 3.63) is 94.5 Å². The monoisotopic (exact) mass is 529 g/mol. The van der Waals surface area contributed by atoms with Crippen molar-refractivity contribution in [2.75, 3.05) is 29.0 Å². The highest BCUT2D eigenvalue weighted by atomic mass is 79.9. The molecule has 0 aliphatic carbocycles. The van der Waals surface area contributed by atoms with Crippen molar-refractivity contribution >= 4 is 49.1 Å². The summed E-state index contributed by atoms with van der Waals surface area (Å²) in [4.78, 5) is 25.5. The molecule has 0 saturated heterocycles. The van der Waals surface area contributed by atoms with Gasteiger partial charge in [-0.05, 0) is 52.2 Å². The molecule has 0 aromatic heterocycles. The molecular formula is C24H24BrN3O4S. The number of halogens is 1. The predicted molar refractivity (Wildman–Crippen MR) is 134 cm³/mol. The normalized spacial score (nSPS) is 11.0. The van der Waals surface area contributed by atoms with Crippen LogP contribution in [0.5, 0.6) is 0 Å². The van der Waals surface area contributed by atoms with Crippen LogP contribution in [0.2, 0.25) is 0 Å². The van der Waals surface area contributed by atoms with Crippen LogP contribution in [0.4, 0.5) is 11.4 Å². The summed E-state index contributed by atoms with van der Waals surface area (Å²) in [5.74, 6) is -0.895. The van der Waals surface area contributed by atoms with Gasteiger partial charge < -0.3 is 10.6 Å². The number of benzene rings is 3. The predicted octanol–water partition coefficient (Wildman–Crippen LogP) is 3.83. The van der Waals surface area contributed by atoms with Crippen molar-refractivity contribution < 1.29 is 18.0 Å².